The second-order valence-corrected chi connectivity index (χ2v) is 7.11. The Morgan fingerprint density at radius 3 is 2.65 bits per heavy atom. The lowest BCUT2D eigenvalue weighted by atomic mass is 10.2. The predicted molar refractivity (Wildman–Crippen MR) is 78.2 cm³/mol. The summed E-state index contributed by atoms with van der Waals surface area (Å²) in [6.07, 6.45) is 1.98. The second-order valence-electron chi connectivity index (χ2n) is 4.85. The van der Waals surface area contributed by atoms with Gasteiger partial charge in [-0.05, 0) is 31.2 Å². The summed E-state index contributed by atoms with van der Waals surface area (Å²) in [6.45, 7) is 3.02. The maximum atomic E-state index is 12.8. The van der Waals surface area contributed by atoms with Crippen molar-refractivity contribution in [3.63, 3.8) is 0 Å². The SMILES string of the molecule is CC1c2cccn2CCN1S(=O)(=O)c1ccccc1Cl. The fourth-order valence-corrected chi connectivity index (χ4v) is 4.76. The Kier molecular flexibility index (Phi) is 3.36. The molecule has 106 valence electrons. The highest BCUT2D eigenvalue weighted by Gasteiger charge is 2.34. The van der Waals surface area contributed by atoms with Crippen LogP contribution >= 0.6 is 11.6 Å². The molecule has 1 atom stereocenters. The van der Waals surface area contributed by atoms with Crippen molar-refractivity contribution in [2.75, 3.05) is 6.54 Å². The molecule has 4 nitrogen and oxygen atoms in total. The Morgan fingerprint density at radius 1 is 1.15 bits per heavy atom. The van der Waals surface area contributed by atoms with Crippen LogP contribution in [0, 0.1) is 0 Å². The number of aromatic nitrogens is 1. The van der Waals surface area contributed by atoms with E-state index in [1.807, 2.05) is 25.3 Å². The topological polar surface area (TPSA) is 42.3 Å². The summed E-state index contributed by atoms with van der Waals surface area (Å²) in [5, 5.41) is 0.264. The lowest BCUT2D eigenvalue weighted by molar-refractivity contribution is 0.282. The van der Waals surface area contributed by atoms with E-state index in [2.05, 4.69) is 4.57 Å². The molecular weight excluding hydrogens is 296 g/mol. The highest BCUT2D eigenvalue weighted by atomic mass is 35.5. The highest BCUT2D eigenvalue weighted by molar-refractivity contribution is 7.89. The summed E-state index contributed by atoms with van der Waals surface area (Å²) in [5.74, 6) is 0. The van der Waals surface area contributed by atoms with E-state index in [9.17, 15) is 8.42 Å². The van der Waals surface area contributed by atoms with Crippen LogP contribution < -0.4 is 0 Å². The molecule has 0 N–H and O–H groups in total. The molecule has 3 rings (SSSR count). The third kappa shape index (κ3) is 2.06. The van der Waals surface area contributed by atoms with Gasteiger partial charge in [-0.3, -0.25) is 0 Å². The summed E-state index contributed by atoms with van der Waals surface area (Å²) < 4.78 is 29.2. The fraction of sp³-hybridized carbons (Fsp3) is 0.286. The zero-order chi connectivity index (χ0) is 14.3. The zero-order valence-corrected chi connectivity index (χ0v) is 12.6. The van der Waals surface area contributed by atoms with Gasteiger partial charge in [0.2, 0.25) is 10.0 Å². The minimum atomic E-state index is -3.57. The molecule has 1 unspecified atom stereocenters. The maximum Gasteiger partial charge on any atom is 0.245 e. The Balaban J connectivity index is 2.04. The van der Waals surface area contributed by atoms with Crippen molar-refractivity contribution < 1.29 is 8.42 Å². The molecule has 2 heterocycles. The minimum absolute atomic E-state index is 0.175. The van der Waals surface area contributed by atoms with E-state index in [0.29, 0.717) is 13.1 Å². The molecule has 0 saturated carbocycles. The molecule has 0 bridgehead atoms. The summed E-state index contributed by atoms with van der Waals surface area (Å²) in [6, 6.07) is 10.3. The van der Waals surface area contributed by atoms with Gasteiger partial charge in [-0.1, -0.05) is 23.7 Å². The molecule has 1 aliphatic rings. The highest BCUT2D eigenvalue weighted by Crippen LogP contribution is 2.33. The Hall–Kier alpha value is -1.30. The first kappa shape index (κ1) is 13.7. The van der Waals surface area contributed by atoms with Gasteiger partial charge in [0, 0.05) is 25.0 Å². The summed E-state index contributed by atoms with van der Waals surface area (Å²) in [5.41, 5.74) is 1.01. The predicted octanol–water partition coefficient (Wildman–Crippen LogP) is 2.91. The first-order valence-corrected chi connectivity index (χ1v) is 8.25. The molecule has 6 heteroatoms. The van der Waals surface area contributed by atoms with E-state index in [1.165, 1.54) is 4.31 Å². The third-order valence-corrected chi connectivity index (χ3v) is 6.18. The largest absolute Gasteiger partial charge is 0.349 e. The van der Waals surface area contributed by atoms with Crippen LogP contribution in [0.4, 0.5) is 0 Å². The van der Waals surface area contributed by atoms with Crippen LogP contribution in [0.15, 0.2) is 47.5 Å². The number of fused-ring (bicyclic) bond motifs is 1. The van der Waals surface area contributed by atoms with Crippen molar-refractivity contribution in [3.8, 4) is 0 Å². The Bertz CT molecular complexity index is 739. The van der Waals surface area contributed by atoms with Gasteiger partial charge in [-0.25, -0.2) is 8.42 Å². The van der Waals surface area contributed by atoms with Crippen molar-refractivity contribution in [1.82, 2.24) is 8.87 Å². The van der Waals surface area contributed by atoms with Gasteiger partial charge in [0.15, 0.2) is 0 Å². The molecule has 0 fully saturated rings. The zero-order valence-electron chi connectivity index (χ0n) is 11.0. The van der Waals surface area contributed by atoms with E-state index in [1.54, 1.807) is 24.3 Å². The number of sulfonamides is 1. The monoisotopic (exact) mass is 310 g/mol. The molecule has 1 aromatic heterocycles. The number of rotatable bonds is 2. The lowest BCUT2D eigenvalue weighted by Crippen LogP contribution is -2.40. The van der Waals surface area contributed by atoms with Gasteiger partial charge < -0.3 is 4.57 Å². The van der Waals surface area contributed by atoms with Crippen LogP contribution in [0.25, 0.3) is 0 Å². The quantitative estimate of drug-likeness (QED) is 0.856. The minimum Gasteiger partial charge on any atom is -0.349 e. The van der Waals surface area contributed by atoms with Gasteiger partial charge in [-0.2, -0.15) is 4.31 Å². The molecular formula is C14H15ClN2O2S. The van der Waals surface area contributed by atoms with Gasteiger partial charge in [0.1, 0.15) is 4.90 Å². The van der Waals surface area contributed by atoms with E-state index in [4.69, 9.17) is 11.6 Å². The van der Waals surface area contributed by atoms with Crippen molar-refractivity contribution in [1.29, 1.82) is 0 Å². The first-order valence-electron chi connectivity index (χ1n) is 6.43. The third-order valence-electron chi connectivity index (χ3n) is 3.71. The number of hydrogen-bond donors (Lipinski definition) is 0. The smallest absolute Gasteiger partial charge is 0.245 e. The molecule has 0 spiro atoms. The molecule has 0 amide bonds. The molecule has 1 aliphatic heterocycles. The number of nitrogens with zero attached hydrogens (tertiary/aromatic N) is 2. The molecule has 0 radical (unpaired) electrons. The Labute approximate surface area is 123 Å². The summed E-state index contributed by atoms with van der Waals surface area (Å²) in [4.78, 5) is 0.175. The molecule has 20 heavy (non-hydrogen) atoms. The average Bonchev–Trinajstić information content (AvgIpc) is 2.88. The fourth-order valence-electron chi connectivity index (χ4n) is 2.67. The van der Waals surface area contributed by atoms with E-state index in [0.717, 1.165) is 5.69 Å². The standard InChI is InChI=1S/C14H15ClN2O2S/c1-11-13-6-4-8-16(13)9-10-17(11)20(18,19)14-7-3-2-5-12(14)15/h2-8,11H,9-10H2,1H3. The molecule has 1 aromatic carbocycles. The first-order chi connectivity index (χ1) is 9.51. The molecule has 2 aromatic rings. The van der Waals surface area contributed by atoms with Crippen LogP contribution in [0.3, 0.4) is 0 Å². The van der Waals surface area contributed by atoms with Gasteiger partial charge in [0.05, 0.1) is 11.1 Å². The van der Waals surface area contributed by atoms with E-state index >= 15 is 0 Å². The average molecular weight is 311 g/mol. The van der Waals surface area contributed by atoms with Crippen molar-refractivity contribution in [2.24, 2.45) is 0 Å². The lowest BCUT2D eigenvalue weighted by Gasteiger charge is -2.34. The van der Waals surface area contributed by atoms with Crippen molar-refractivity contribution >= 4 is 21.6 Å². The number of benzene rings is 1. The summed E-state index contributed by atoms with van der Waals surface area (Å²) >= 11 is 6.04. The van der Waals surface area contributed by atoms with Gasteiger partial charge >= 0.3 is 0 Å². The number of hydrogen-bond acceptors (Lipinski definition) is 2. The summed E-state index contributed by atoms with van der Waals surface area (Å²) in [7, 11) is -3.57. The van der Waals surface area contributed by atoms with Crippen LogP contribution in [0.1, 0.15) is 18.7 Å². The van der Waals surface area contributed by atoms with Crippen LogP contribution in [0.2, 0.25) is 5.02 Å². The Morgan fingerprint density at radius 2 is 1.90 bits per heavy atom. The van der Waals surface area contributed by atoms with Crippen molar-refractivity contribution in [3.05, 3.63) is 53.3 Å². The van der Waals surface area contributed by atoms with Crippen LogP contribution in [-0.2, 0) is 16.6 Å². The van der Waals surface area contributed by atoms with Crippen molar-refractivity contribution in [2.45, 2.75) is 24.4 Å². The van der Waals surface area contributed by atoms with E-state index in [-0.39, 0.29) is 16.0 Å². The molecule has 0 aliphatic carbocycles. The van der Waals surface area contributed by atoms with Gasteiger partial charge in [-0.15, -0.1) is 0 Å². The maximum absolute atomic E-state index is 12.8. The van der Waals surface area contributed by atoms with Crippen LogP contribution in [-0.4, -0.2) is 23.8 Å². The van der Waals surface area contributed by atoms with Gasteiger partial charge in [0.25, 0.3) is 0 Å². The second kappa shape index (κ2) is 4.91. The van der Waals surface area contributed by atoms with E-state index < -0.39 is 10.0 Å². The number of halogens is 1. The normalized spacial score (nSPS) is 19.8. The van der Waals surface area contributed by atoms with Crippen LogP contribution in [0.5, 0.6) is 0 Å². The molecule has 0 saturated heterocycles.